The highest BCUT2D eigenvalue weighted by atomic mass is 35.5. The molecule has 2 rings (SSSR count). The second kappa shape index (κ2) is 6.67. The van der Waals surface area contributed by atoms with Crippen molar-refractivity contribution in [3.8, 4) is 11.4 Å². The van der Waals surface area contributed by atoms with Gasteiger partial charge in [0.2, 0.25) is 0 Å². The van der Waals surface area contributed by atoms with Crippen molar-refractivity contribution in [2.75, 3.05) is 19.5 Å². The molecule has 1 atom stereocenters. The molecule has 0 radical (unpaired) electrons. The molecule has 1 aromatic heterocycles. The van der Waals surface area contributed by atoms with Crippen LogP contribution >= 0.6 is 11.6 Å². The Morgan fingerprint density at radius 2 is 2.20 bits per heavy atom. The number of hydrogen-bond donors (Lipinski definition) is 1. The fourth-order valence-electron chi connectivity index (χ4n) is 2.17. The van der Waals surface area contributed by atoms with Crippen LogP contribution in [-0.4, -0.2) is 33.9 Å². The lowest BCUT2D eigenvalue weighted by molar-refractivity contribution is 0.144. The summed E-state index contributed by atoms with van der Waals surface area (Å²) in [7, 11) is 1.67. The van der Waals surface area contributed by atoms with Crippen molar-refractivity contribution >= 4 is 17.3 Å². The standard InChI is InChI=1S/C13H18ClN5O/c1-3-4-12(8-20-2)19-13(16-17-18-19)9-5-10(14)7-11(15)6-9/h5-7,12H,3-4,8,15H2,1-2H3. The van der Waals surface area contributed by atoms with E-state index in [2.05, 4.69) is 22.4 Å². The molecule has 0 bridgehead atoms. The third-order valence-corrected chi connectivity index (χ3v) is 3.22. The van der Waals surface area contributed by atoms with Gasteiger partial charge >= 0.3 is 0 Å². The first kappa shape index (κ1) is 14.7. The summed E-state index contributed by atoms with van der Waals surface area (Å²) >= 11 is 6.04. The first-order chi connectivity index (χ1) is 9.65. The van der Waals surface area contributed by atoms with Gasteiger partial charge in [-0.2, -0.15) is 0 Å². The van der Waals surface area contributed by atoms with Gasteiger partial charge in [-0.05, 0) is 35.0 Å². The Kier molecular flexibility index (Phi) is 4.92. The molecular formula is C13H18ClN5O. The van der Waals surface area contributed by atoms with Gasteiger partial charge in [-0.1, -0.05) is 24.9 Å². The Balaban J connectivity index is 2.40. The van der Waals surface area contributed by atoms with Gasteiger partial charge in [0.15, 0.2) is 5.82 Å². The topological polar surface area (TPSA) is 78.8 Å². The smallest absolute Gasteiger partial charge is 0.182 e. The van der Waals surface area contributed by atoms with Gasteiger partial charge in [0, 0.05) is 23.4 Å². The average Bonchev–Trinajstić information content (AvgIpc) is 2.86. The molecule has 0 saturated carbocycles. The third kappa shape index (κ3) is 3.26. The molecule has 0 amide bonds. The lowest BCUT2D eigenvalue weighted by atomic mass is 10.1. The molecule has 1 heterocycles. The zero-order chi connectivity index (χ0) is 14.5. The van der Waals surface area contributed by atoms with Crippen LogP contribution in [0, 0.1) is 0 Å². The molecular weight excluding hydrogens is 278 g/mol. The number of nitrogen functional groups attached to an aromatic ring is 1. The van der Waals surface area contributed by atoms with Gasteiger partial charge in [0.05, 0.1) is 12.6 Å². The van der Waals surface area contributed by atoms with E-state index in [1.165, 1.54) is 0 Å². The zero-order valence-electron chi connectivity index (χ0n) is 11.6. The largest absolute Gasteiger partial charge is 0.399 e. The summed E-state index contributed by atoms with van der Waals surface area (Å²) in [5, 5.41) is 12.5. The van der Waals surface area contributed by atoms with Gasteiger partial charge < -0.3 is 10.5 Å². The van der Waals surface area contributed by atoms with Crippen LogP contribution in [0.15, 0.2) is 18.2 Å². The van der Waals surface area contributed by atoms with Crippen molar-refractivity contribution in [1.29, 1.82) is 0 Å². The van der Waals surface area contributed by atoms with Gasteiger partial charge in [0.1, 0.15) is 0 Å². The monoisotopic (exact) mass is 295 g/mol. The van der Waals surface area contributed by atoms with Crippen LogP contribution in [0.2, 0.25) is 5.02 Å². The van der Waals surface area contributed by atoms with Crippen LogP contribution < -0.4 is 5.73 Å². The maximum atomic E-state index is 6.04. The van der Waals surface area contributed by atoms with Gasteiger partial charge in [-0.3, -0.25) is 0 Å². The number of aromatic nitrogens is 4. The number of halogens is 1. The normalized spacial score (nSPS) is 12.6. The molecule has 2 N–H and O–H groups in total. The summed E-state index contributed by atoms with van der Waals surface area (Å²) in [6, 6.07) is 5.40. The van der Waals surface area contributed by atoms with E-state index in [1.807, 2.05) is 6.07 Å². The fourth-order valence-corrected chi connectivity index (χ4v) is 2.42. The number of nitrogens with two attached hydrogens (primary N) is 1. The van der Waals surface area contributed by atoms with E-state index in [4.69, 9.17) is 22.1 Å². The van der Waals surface area contributed by atoms with Crippen LogP contribution in [-0.2, 0) is 4.74 Å². The first-order valence-electron chi connectivity index (χ1n) is 6.49. The van der Waals surface area contributed by atoms with Crippen molar-refractivity contribution in [2.24, 2.45) is 0 Å². The zero-order valence-corrected chi connectivity index (χ0v) is 12.3. The number of rotatable bonds is 6. The van der Waals surface area contributed by atoms with Crippen molar-refractivity contribution in [3.05, 3.63) is 23.2 Å². The average molecular weight is 296 g/mol. The maximum Gasteiger partial charge on any atom is 0.182 e. The molecule has 108 valence electrons. The van der Waals surface area contributed by atoms with Crippen LogP contribution in [0.5, 0.6) is 0 Å². The first-order valence-corrected chi connectivity index (χ1v) is 6.86. The van der Waals surface area contributed by atoms with Gasteiger partial charge in [-0.25, -0.2) is 4.68 Å². The van der Waals surface area contributed by atoms with Crippen molar-refractivity contribution in [3.63, 3.8) is 0 Å². The lowest BCUT2D eigenvalue weighted by Crippen LogP contribution is -2.17. The van der Waals surface area contributed by atoms with E-state index < -0.39 is 0 Å². The van der Waals surface area contributed by atoms with E-state index in [9.17, 15) is 0 Å². The number of benzene rings is 1. The van der Waals surface area contributed by atoms with Crippen molar-refractivity contribution in [2.45, 2.75) is 25.8 Å². The van der Waals surface area contributed by atoms with Crippen LogP contribution in [0.4, 0.5) is 5.69 Å². The number of anilines is 1. The van der Waals surface area contributed by atoms with E-state index >= 15 is 0 Å². The number of tetrazole rings is 1. The molecule has 2 aromatic rings. The second-order valence-corrected chi connectivity index (χ2v) is 5.05. The molecule has 0 spiro atoms. The molecule has 20 heavy (non-hydrogen) atoms. The summed E-state index contributed by atoms with van der Waals surface area (Å²) < 4.78 is 7.03. The molecule has 0 aliphatic heterocycles. The molecule has 1 aromatic carbocycles. The van der Waals surface area contributed by atoms with Gasteiger partial charge in [-0.15, -0.1) is 5.10 Å². The lowest BCUT2D eigenvalue weighted by Gasteiger charge is -2.16. The molecule has 6 nitrogen and oxygen atoms in total. The molecule has 1 unspecified atom stereocenters. The summed E-state index contributed by atoms with van der Waals surface area (Å²) in [4.78, 5) is 0. The molecule has 0 aliphatic rings. The van der Waals surface area contributed by atoms with E-state index in [0.717, 1.165) is 18.4 Å². The van der Waals surface area contributed by atoms with Crippen molar-refractivity contribution < 1.29 is 4.74 Å². The Morgan fingerprint density at radius 3 is 2.85 bits per heavy atom. The summed E-state index contributed by atoms with van der Waals surface area (Å²) in [5.74, 6) is 0.648. The SMILES string of the molecule is CCCC(COC)n1nnnc1-c1cc(N)cc(Cl)c1. The number of hydrogen-bond acceptors (Lipinski definition) is 5. The van der Waals surface area contributed by atoms with E-state index in [1.54, 1.807) is 23.9 Å². The van der Waals surface area contributed by atoms with Crippen LogP contribution in [0.1, 0.15) is 25.8 Å². The van der Waals surface area contributed by atoms with Crippen LogP contribution in [0.25, 0.3) is 11.4 Å². The Labute approximate surface area is 122 Å². The quantitative estimate of drug-likeness (QED) is 0.829. The molecule has 0 saturated heterocycles. The van der Waals surface area contributed by atoms with E-state index in [-0.39, 0.29) is 6.04 Å². The van der Waals surface area contributed by atoms with Crippen molar-refractivity contribution in [1.82, 2.24) is 20.2 Å². The summed E-state index contributed by atoms with van der Waals surface area (Å²) in [5.41, 5.74) is 7.21. The minimum absolute atomic E-state index is 0.0928. The Morgan fingerprint density at radius 1 is 1.40 bits per heavy atom. The third-order valence-electron chi connectivity index (χ3n) is 3.00. The highest BCUT2D eigenvalue weighted by molar-refractivity contribution is 6.31. The maximum absolute atomic E-state index is 6.04. The number of nitrogens with zero attached hydrogens (tertiary/aromatic N) is 4. The Hall–Kier alpha value is -1.66. The molecule has 0 aliphatic carbocycles. The summed E-state index contributed by atoms with van der Waals surface area (Å²) in [6.45, 7) is 2.67. The predicted molar refractivity (Wildman–Crippen MR) is 78.5 cm³/mol. The highest BCUT2D eigenvalue weighted by Gasteiger charge is 2.18. The number of methoxy groups -OCH3 is 1. The minimum Gasteiger partial charge on any atom is -0.399 e. The summed E-state index contributed by atoms with van der Waals surface area (Å²) in [6.07, 6.45) is 1.95. The number of ether oxygens (including phenoxy) is 1. The van der Waals surface area contributed by atoms with Gasteiger partial charge in [0.25, 0.3) is 0 Å². The fraction of sp³-hybridized carbons (Fsp3) is 0.462. The Bertz CT molecular complexity index is 545. The van der Waals surface area contributed by atoms with E-state index in [0.29, 0.717) is 23.1 Å². The highest BCUT2D eigenvalue weighted by Crippen LogP contribution is 2.26. The predicted octanol–water partition coefficient (Wildman–Crippen LogP) is 2.56. The molecule has 0 fully saturated rings. The minimum atomic E-state index is 0.0928. The molecule has 7 heteroatoms. The van der Waals surface area contributed by atoms with Crippen LogP contribution in [0.3, 0.4) is 0 Å². The second-order valence-electron chi connectivity index (χ2n) is 4.62.